The molecular weight excluding hydrogens is 849 g/mol. The predicted molar refractivity (Wildman–Crippen MR) is 288 cm³/mol. The van der Waals surface area contributed by atoms with Crippen molar-refractivity contribution in [3.8, 4) is 100 Å². The fourth-order valence-corrected chi connectivity index (χ4v) is 11.3. The summed E-state index contributed by atoms with van der Waals surface area (Å²) in [6.45, 7) is 0. The highest BCUT2D eigenvalue weighted by Gasteiger charge is 2.35. The van der Waals surface area contributed by atoms with E-state index in [1.165, 1.54) is 16.2 Å². The zero-order valence-corrected chi connectivity index (χ0v) is 37.9. The second-order valence-electron chi connectivity index (χ2n) is 18.0. The van der Waals surface area contributed by atoms with Crippen LogP contribution in [0.15, 0.2) is 242 Å². The second-order valence-corrected chi connectivity index (χ2v) is 18.0. The molecule has 2 heterocycles. The molecule has 0 radical (unpaired) electrons. The van der Waals surface area contributed by atoms with Crippen LogP contribution in [0.5, 0.6) is 0 Å². The molecule has 0 atom stereocenters. The molecule has 0 saturated heterocycles. The van der Waals surface area contributed by atoms with Gasteiger partial charge in [0.15, 0.2) is 0 Å². The summed E-state index contributed by atoms with van der Waals surface area (Å²) in [4.78, 5) is 5.42. The first kappa shape index (κ1) is 39.8. The predicted octanol–water partition coefficient (Wildman–Crippen LogP) is 15.6. The number of nitrogens with zero attached hydrogens (tertiary/aromatic N) is 4. The molecule has 1 aromatic heterocycles. The quantitative estimate of drug-likeness (QED) is 0.160. The van der Waals surface area contributed by atoms with E-state index in [-0.39, 0.29) is 0 Å². The van der Waals surface area contributed by atoms with E-state index < -0.39 is 0 Å². The number of hydrogen-bond donors (Lipinski definition) is 0. The van der Waals surface area contributed by atoms with Gasteiger partial charge in [0.2, 0.25) is 0 Å². The number of hydrogen-bond acceptors (Lipinski definition) is 4. The molecule has 1 aliphatic heterocycles. The van der Waals surface area contributed by atoms with Crippen LogP contribution in [-0.4, -0.2) is 15.4 Å². The van der Waals surface area contributed by atoms with Crippen LogP contribution in [0.1, 0.15) is 5.56 Å². The standard InChI is InChI=1S/C66H40N4/c1-4-20-41(21-5-1)48-32-14-15-34-52(48)63-64(45-26-8-3-9-27-45)68-70-69-66(63)62-56-40-55-53(38-39-54-49-33-16-17-37-57(49)67-65(54)55)59(56)61(51-36-19-29-43-23-11-13-31-47(43)51)60(58(62)44-24-6-2-7-25-44)50-35-18-28-42-22-10-12-30-46(42)50/h1-40H. The molecule has 0 unspecified atom stereocenters. The van der Waals surface area contributed by atoms with Crippen molar-refractivity contribution in [1.29, 1.82) is 0 Å². The number of rotatable bonds is 7. The van der Waals surface area contributed by atoms with Gasteiger partial charge in [-0.3, -0.25) is 0 Å². The first-order valence-electron chi connectivity index (χ1n) is 23.8. The smallest absolute Gasteiger partial charge is 0.106 e. The van der Waals surface area contributed by atoms with E-state index in [0.29, 0.717) is 0 Å². The van der Waals surface area contributed by atoms with Crippen LogP contribution >= 0.6 is 0 Å². The van der Waals surface area contributed by atoms with E-state index in [4.69, 9.17) is 20.4 Å². The molecule has 12 aromatic rings. The average Bonchev–Trinajstić information content (AvgIpc) is 4.02. The van der Waals surface area contributed by atoms with Crippen LogP contribution < -0.4 is 10.6 Å². The average molecular weight is 889 g/mol. The Morgan fingerprint density at radius 1 is 0.271 bits per heavy atom. The number of aromatic nitrogens is 3. The lowest BCUT2D eigenvalue weighted by Gasteiger charge is -2.27. The second kappa shape index (κ2) is 16.2. The highest BCUT2D eigenvalue weighted by molar-refractivity contribution is 6.19. The number of para-hydroxylation sites is 1. The lowest BCUT2D eigenvalue weighted by Crippen LogP contribution is -2.25. The van der Waals surface area contributed by atoms with E-state index in [0.717, 1.165) is 128 Å². The van der Waals surface area contributed by atoms with Gasteiger partial charge >= 0.3 is 0 Å². The van der Waals surface area contributed by atoms with Crippen molar-refractivity contribution >= 4 is 33.3 Å². The first-order valence-corrected chi connectivity index (χ1v) is 23.8. The molecule has 0 fully saturated rings. The monoisotopic (exact) mass is 888 g/mol. The first-order chi connectivity index (χ1) is 34.8. The maximum absolute atomic E-state index is 5.42. The highest BCUT2D eigenvalue weighted by Crippen LogP contribution is 2.57. The van der Waals surface area contributed by atoms with Crippen molar-refractivity contribution in [2.24, 2.45) is 4.99 Å². The fraction of sp³-hybridized carbons (Fsp3) is 0. The van der Waals surface area contributed by atoms with Gasteiger partial charge in [-0.15, -0.1) is 10.2 Å². The van der Waals surface area contributed by atoms with Gasteiger partial charge in [0, 0.05) is 38.6 Å². The van der Waals surface area contributed by atoms with E-state index in [1.54, 1.807) is 0 Å². The van der Waals surface area contributed by atoms with Gasteiger partial charge in [0.05, 0.1) is 11.0 Å². The van der Waals surface area contributed by atoms with Crippen molar-refractivity contribution in [3.63, 3.8) is 0 Å². The summed E-state index contributed by atoms with van der Waals surface area (Å²) in [5, 5.41) is 21.8. The Morgan fingerprint density at radius 3 is 1.46 bits per heavy atom. The summed E-state index contributed by atoms with van der Waals surface area (Å²) >= 11 is 0. The van der Waals surface area contributed by atoms with Crippen LogP contribution in [-0.2, 0) is 0 Å². The lowest BCUT2D eigenvalue weighted by molar-refractivity contribution is 0.879. The molecule has 4 nitrogen and oxygen atoms in total. The Hall–Kier alpha value is -9.38. The number of fused-ring (bicyclic) bond motifs is 9. The highest BCUT2D eigenvalue weighted by atomic mass is 15.3. The molecule has 324 valence electrons. The maximum Gasteiger partial charge on any atom is 0.106 e. The molecule has 0 N–H and O–H groups in total. The zero-order chi connectivity index (χ0) is 46.1. The minimum absolute atomic E-state index is 0.749. The van der Waals surface area contributed by atoms with E-state index >= 15 is 0 Å². The van der Waals surface area contributed by atoms with Gasteiger partial charge in [-0.2, -0.15) is 0 Å². The third-order valence-electron chi connectivity index (χ3n) is 14.2. The molecule has 14 rings (SSSR count). The van der Waals surface area contributed by atoms with Crippen molar-refractivity contribution in [2.75, 3.05) is 0 Å². The van der Waals surface area contributed by atoms with Crippen LogP contribution in [0.4, 0.5) is 5.69 Å². The van der Waals surface area contributed by atoms with Crippen LogP contribution in [0, 0.1) is 0 Å². The normalized spacial score (nSPS) is 11.9. The minimum atomic E-state index is 0.749. The fourth-order valence-electron chi connectivity index (χ4n) is 11.3. The molecule has 11 aromatic carbocycles. The summed E-state index contributed by atoms with van der Waals surface area (Å²) in [7, 11) is 0. The van der Waals surface area contributed by atoms with Gasteiger partial charge in [0.1, 0.15) is 11.4 Å². The molecule has 0 amide bonds. The largest absolute Gasteiger partial charge is 0.247 e. The van der Waals surface area contributed by atoms with Gasteiger partial charge in [-0.25, -0.2) is 4.99 Å². The van der Waals surface area contributed by atoms with Crippen molar-refractivity contribution in [3.05, 3.63) is 253 Å². The molecule has 0 bridgehead atoms. The SMILES string of the molecule is C1=c2c(ccc3c2=Nc2ccccc2-3)-c2c1c(-c1nnnc(-c3ccccc3)c1-c1ccccc1-c1ccccc1)c(-c1ccccc1)c(-c1cccc3ccccc13)c2-c1cccc2ccccc12. The summed E-state index contributed by atoms with van der Waals surface area (Å²) in [5.41, 5.74) is 20.9. The third-order valence-corrected chi connectivity index (χ3v) is 14.2. The molecule has 2 aliphatic rings. The maximum atomic E-state index is 5.42. The summed E-state index contributed by atoms with van der Waals surface area (Å²) in [5.74, 6) is 0. The van der Waals surface area contributed by atoms with Crippen LogP contribution in [0.3, 0.4) is 0 Å². The molecule has 4 heteroatoms. The third kappa shape index (κ3) is 6.17. The van der Waals surface area contributed by atoms with E-state index in [1.807, 2.05) is 6.07 Å². The number of benzene rings is 11. The molecule has 70 heavy (non-hydrogen) atoms. The van der Waals surface area contributed by atoms with Crippen LogP contribution in [0.25, 0.3) is 128 Å². The minimum Gasteiger partial charge on any atom is -0.247 e. The van der Waals surface area contributed by atoms with Gasteiger partial charge in [-0.05, 0) is 100 Å². The Morgan fingerprint density at radius 2 is 0.771 bits per heavy atom. The summed E-state index contributed by atoms with van der Waals surface area (Å²) in [6, 6.07) is 84.8. The van der Waals surface area contributed by atoms with Crippen molar-refractivity contribution in [1.82, 2.24) is 15.4 Å². The van der Waals surface area contributed by atoms with Crippen molar-refractivity contribution < 1.29 is 0 Å². The van der Waals surface area contributed by atoms with Gasteiger partial charge < -0.3 is 0 Å². The van der Waals surface area contributed by atoms with Crippen molar-refractivity contribution in [2.45, 2.75) is 0 Å². The summed E-state index contributed by atoms with van der Waals surface area (Å²) < 4.78 is 0. The van der Waals surface area contributed by atoms with Gasteiger partial charge in [0.25, 0.3) is 0 Å². The topological polar surface area (TPSA) is 51.0 Å². The summed E-state index contributed by atoms with van der Waals surface area (Å²) in [6.07, 6.45) is 2.40. The van der Waals surface area contributed by atoms with Gasteiger partial charge in [-0.1, -0.05) is 231 Å². The molecule has 1 aliphatic carbocycles. The molecule has 0 saturated carbocycles. The molecule has 0 spiro atoms. The Kier molecular flexibility index (Phi) is 9.17. The lowest BCUT2D eigenvalue weighted by atomic mass is 9.75. The molecular formula is C66H40N4. The van der Waals surface area contributed by atoms with E-state index in [2.05, 4.69) is 237 Å². The Balaban J connectivity index is 1.25. The van der Waals surface area contributed by atoms with E-state index in [9.17, 15) is 0 Å². The Labute approximate surface area is 404 Å². The Bertz CT molecular complexity index is 4210. The zero-order valence-electron chi connectivity index (χ0n) is 37.9. The van der Waals surface area contributed by atoms with Crippen LogP contribution in [0.2, 0.25) is 0 Å².